The molecule has 0 spiro atoms. The summed E-state index contributed by atoms with van der Waals surface area (Å²) in [7, 11) is 0. The zero-order chi connectivity index (χ0) is 9.14. The molecule has 0 aliphatic rings. The molecule has 2 atom stereocenters. The molecule has 4 heteroatoms. The second kappa shape index (κ2) is 4.35. The Balaban J connectivity index is 2.88. The average Bonchev–Trinajstić information content (AvgIpc) is 2.03. The fourth-order valence-electron chi connectivity index (χ4n) is 0.842. The van der Waals surface area contributed by atoms with Gasteiger partial charge < -0.3 is 5.11 Å². The summed E-state index contributed by atoms with van der Waals surface area (Å²) in [5.41, 5.74) is 0.800. The fraction of sp³-hybridized carbons (Fsp3) is 0.250. The highest BCUT2D eigenvalue weighted by atomic mass is 79.9. The largest absolute Gasteiger partial charge is 0.508 e. The summed E-state index contributed by atoms with van der Waals surface area (Å²) in [6.45, 7) is 0. The predicted molar refractivity (Wildman–Crippen MR) is 55.3 cm³/mol. The number of hydrogen-bond acceptors (Lipinski definition) is 1. The van der Waals surface area contributed by atoms with Gasteiger partial charge in [-0.15, -0.1) is 23.2 Å². The quantitative estimate of drug-likeness (QED) is 0.813. The van der Waals surface area contributed by atoms with Crippen molar-refractivity contribution in [2.45, 2.75) is 9.66 Å². The molecule has 0 saturated carbocycles. The average molecular weight is 270 g/mol. The van der Waals surface area contributed by atoms with Crippen LogP contribution in [0.5, 0.6) is 5.75 Å². The number of phenols is 1. The lowest BCUT2D eigenvalue weighted by atomic mass is 10.1. The van der Waals surface area contributed by atoms with Crippen LogP contribution in [0.15, 0.2) is 24.3 Å². The van der Waals surface area contributed by atoms with Crippen LogP contribution in [0, 0.1) is 0 Å². The first kappa shape index (κ1) is 10.2. The molecule has 0 aromatic heterocycles. The van der Waals surface area contributed by atoms with Gasteiger partial charge in [-0.05, 0) is 17.7 Å². The minimum Gasteiger partial charge on any atom is -0.508 e. The topological polar surface area (TPSA) is 20.2 Å². The van der Waals surface area contributed by atoms with Crippen molar-refractivity contribution in [3.63, 3.8) is 0 Å². The van der Waals surface area contributed by atoms with Crippen molar-refractivity contribution in [3.05, 3.63) is 29.8 Å². The minimum absolute atomic E-state index is 0.197. The van der Waals surface area contributed by atoms with Gasteiger partial charge in [0.05, 0.1) is 5.38 Å². The van der Waals surface area contributed by atoms with Gasteiger partial charge in [0.1, 0.15) is 10.0 Å². The Morgan fingerprint density at radius 2 is 2.00 bits per heavy atom. The maximum absolute atomic E-state index is 9.13. The Morgan fingerprint density at radius 3 is 2.50 bits per heavy atom. The molecule has 1 N–H and O–H groups in total. The van der Waals surface area contributed by atoms with Gasteiger partial charge in [-0.1, -0.05) is 28.1 Å². The van der Waals surface area contributed by atoms with Gasteiger partial charge in [-0.25, -0.2) is 0 Å². The van der Waals surface area contributed by atoms with Crippen LogP contribution in [0.1, 0.15) is 10.9 Å². The van der Waals surface area contributed by atoms with E-state index in [0.717, 1.165) is 5.56 Å². The van der Waals surface area contributed by atoms with Crippen molar-refractivity contribution in [3.8, 4) is 5.75 Å². The second-order valence-corrected chi connectivity index (χ2v) is 4.79. The van der Waals surface area contributed by atoms with E-state index in [1.807, 2.05) is 6.07 Å². The Kier molecular flexibility index (Phi) is 3.69. The first-order valence-corrected chi connectivity index (χ1v) is 5.11. The van der Waals surface area contributed by atoms with E-state index in [-0.39, 0.29) is 15.4 Å². The summed E-state index contributed by atoms with van der Waals surface area (Å²) >= 11 is 14.8. The number of halogens is 3. The molecule has 0 radical (unpaired) electrons. The molecule has 1 aromatic carbocycles. The number of hydrogen-bond donors (Lipinski definition) is 1. The van der Waals surface area contributed by atoms with Crippen LogP contribution in [-0.2, 0) is 0 Å². The SMILES string of the molecule is Oc1cccc(C(Cl)C(Cl)Br)c1. The van der Waals surface area contributed by atoms with Gasteiger partial charge in [0.15, 0.2) is 0 Å². The summed E-state index contributed by atoms with van der Waals surface area (Å²) in [6, 6.07) is 6.72. The zero-order valence-corrected chi connectivity index (χ0v) is 9.14. The third kappa shape index (κ3) is 2.54. The lowest BCUT2D eigenvalue weighted by Crippen LogP contribution is -1.98. The van der Waals surface area contributed by atoms with Gasteiger partial charge in [-0.3, -0.25) is 0 Å². The molecule has 0 aliphatic heterocycles. The highest BCUT2D eigenvalue weighted by molar-refractivity contribution is 9.10. The standard InChI is InChI=1S/C8H7BrCl2O/c9-8(11)7(10)5-2-1-3-6(12)4-5/h1-4,7-8,12H. The molecule has 1 rings (SSSR count). The van der Waals surface area contributed by atoms with Crippen LogP contribution in [-0.4, -0.2) is 9.39 Å². The molecular weight excluding hydrogens is 263 g/mol. The summed E-state index contributed by atoms with van der Waals surface area (Å²) in [6.07, 6.45) is 0. The van der Waals surface area contributed by atoms with Crippen molar-refractivity contribution in [2.24, 2.45) is 0 Å². The highest BCUT2D eigenvalue weighted by Crippen LogP contribution is 2.32. The van der Waals surface area contributed by atoms with Crippen molar-refractivity contribution in [2.75, 3.05) is 0 Å². The molecule has 0 heterocycles. The number of aromatic hydroxyl groups is 1. The predicted octanol–water partition coefficient (Wildman–Crippen LogP) is 3.63. The maximum atomic E-state index is 9.13. The van der Waals surface area contributed by atoms with E-state index in [1.165, 1.54) is 0 Å². The van der Waals surface area contributed by atoms with E-state index in [9.17, 15) is 0 Å². The molecule has 12 heavy (non-hydrogen) atoms. The van der Waals surface area contributed by atoms with Gasteiger partial charge >= 0.3 is 0 Å². The van der Waals surface area contributed by atoms with E-state index in [1.54, 1.807) is 18.2 Å². The molecule has 1 aromatic rings. The number of phenolic OH excluding ortho intramolecular Hbond substituents is 1. The Bertz CT molecular complexity index is 265. The van der Waals surface area contributed by atoms with E-state index in [0.29, 0.717) is 0 Å². The first-order chi connectivity index (χ1) is 5.61. The maximum Gasteiger partial charge on any atom is 0.115 e. The van der Waals surface area contributed by atoms with Crippen LogP contribution in [0.2, 0.25) is 0 Å². The molecular formula is C8H7BrCl2O. The van der Waals surface area contributed by atoms with Crippen LogP contribution < -0.4 is 0 Å². The lowest BCUT2D eigenvalue weighted by molar-refractivity contribution is 0.474. The Labute approximate surface area is 89.4 Å². The van der Waals surface area contributed by atoms with Gasteiger partial charge in [-0.2, -0.15) is 0 Å². The van der Waals surface area contributed by atoms with E-state index >= 15 is 0 Å². The summed E-state index contributed by atoms with van der Waals surface area (Å²) in [5, 5.41) is 8.79. The van der Waals surface area contributed by atoms with Gasteiger partial charge in [0, 0.05) is 0 Å². The van der Waals surface area contributed by atoms with Crippen molar-refractivity contribution in [1.82, 2.24) is 0 Å². The number of alkyl halides is 3. The van der Waals surface area contributed by atoms with Crippen molar-refractivity contribution in [1.29, 1.82) is 0 Å². The lowest BCUT2D eigenvalue weighted by Gasteiger charge is -2.10. The van der Waals surface area contributed by atoms with E-state index in [2.05, 4.69) is 15.9 Å². The zero-order valence-electron chi connectivity index (χ0n) is 6.05. The third-order valence-corrected chi connectivity index (χ3v) is 3.13. The molecule has 0 amide bonds. The molecule has 2 unspecified atom stereocenters. The van der Waals surface area contributed by atoms with Crippen molar-refractivity contribution >= 4 is 39.1 Å². The minimum atomic E-state index is -0.334. The number of rotatable bonds is 2. The van der Waals surface area contributed by atoms with Crippen molar-refractivity contribution < 1.29 is 5.11 Å². The molecule has 0 saturated heterocycles. The molecule has 0 aliphatic carbocycles. The van der Waals surface area contributed by atoms with Crippen LogP contribution >= 0.6 is 39.1 Å². The van der Waals surface area contributed by atoms with Crippen LogP contribution in [0.25, 0.3) is 0 Å². The monoisotopic (exact) mass is 268 g/mol. The number of benzene rings is 1. The second-order valence-electron chi connectivity index (χ2n) is 2.33. The summed E-state index contributed by atoms with van der Waals surface area (Å²) in [4.78, 5) is 0. The highest BCUT2D eigenvalue weighted by Gasteiger charge is 2.15. The Morgan fingerprint density at radius 1 is 1.33 bits per heavy atom. The molecule has 0 fully saturated rings. The Hall–Kier alpha value is 0.0800. The van der Waals surface area contributed by atoms with Crippen LogP contribution in [0.3, 0.4) is 0 Å². The van der Waals surface area contributed by atoms with E-state index < -0.39 is 0 Å². The molecule has 66 valence electrons. The van der Waals surface area contributed by atoms with E-state index in [4.69, 9.17) is 28.3 Å². The normalized spacial score (nSPS) is 15.6. The summed E-state index contributed by atoms with van der Waals surface area (Å²) < 4.78 is -0.332. The van der Waals surface area contributed by atoms with Crippen LogP contribution in [0.4, 0.5) is 0 Å². The third-order valence-electron chi connectivity index (χ3n) is 1.41. The van der Waals surface area contributed by atoms with Gasteiger partial charge in [0.2, 0.25) is 0 Å². The molecule has 0 bridgehead atoms. The fourth-order valence-corrected chi connectivity index (χ4v) is 1.43. The first-order valence-electron chi connectivity index (χ1n) is 3.32. The van der Waals surface area contributed by atoms with Gasteiger partial charge in [0.25, 0.3) is 0 Å². The smallest absolute Gasteiger partial charge is 0.115 e. The molecule has 1 nitrogen and oxygen atoms in total. The summed E-state index contributed by atoms with van der Waals surface area (Å²) in [5.74, 6) is 0.197.